The molecule has 0 aromatic heterocycles. The lowest BCUT2D eigenvalue weighted by Crippen LogP contribution is -2.49. The Kier molecular flexibility index (Phi) is 11.4. The second-order valence-electron chi connectivity index (χ2n) is 15.5. The smallest absolute Gasteiger partial charge is 0.285 e. The highest BCUT2D eigenvalue weighted by atomic mass is 35.5. The highest BCUT2D eigenvalue weighted by molar-refractivity contribution is 7.94. The van der Waals surface area contributed by atoms with E-state index in [1.54, 1.807) is 13.2 Å². The number of alkyl halides is 1. The average Bonchev–Trinajstić information content (AvgIpc) is 3.25. The molecule has 7 rings (SSSR count). The van der Waals surface area contributed by atoms with Gasteiger partial charge in [0.25, 0.3) is 5.91 Å². The zero-order valence-electron chi connectivity index (χ0n) is 30.1. The third kappa shape index (κ3) is 8.14. The molecule has 2 fully saturated rings. The van der Waals surface area contributed by atoms with E-state index in [2.05, 4.69) is 33.5 Å². The first-order valence-corrected chi connectivity index (χ1v) is 20.9. The van der Waals surface area contributed by atoms with Crippen molar-refractivity contribution in [1.82, 2.24) is 0 Å². The summed E-state index contributed by atoms with van der Waals surface area (Å²) in [6.07, 6.45) is 8.02. The van der Waals surface area contributed by atoms with E-state index in [9.17, 15) is 18.2 Å². The van der Waals surface area contributed by atoms with Gasteiger partial charge < -0.3 is 23.8 Å². The molecule has 282 valence electrons. The van der Waals surface area contributed by atoms with Gasteiger partial charge in [-0.25, -0.2) is 8.60 Å². The Morgan fingerprint density at radius 1 is 1.19 bits per heavy atom. The van der Waals surface area contributed by atoms with Crippen molar-refractivity contribution in [3.8, 4) is 5.75 Å². The van der Waals surface area contributed by atoms with Gasteiger partial charge >= 0.3 is 0 Å². The lowest BCUT2D eigenvalue weighted by atomic mass is 9.68. The summed E-state index contributed by atoms with van der Waals surface area (Å²) in [6.45, 7) is 3.78. The van der Waals surface area contributed by atoms with Crippen molar-refractivity contribution in [3.05, 3.63) is 70.3 Å². The van der Waals surface area contributed by atoms with Gasteiger partial charge in [-0.05, 0) is 104 Å². The number of carbonyl (C=O) groups is 2. The quantitative estimate of drug-likeness (QED) is 0.298. The number of carbonyl (C=O) groups excluding carboxylic acids is 2. The van der Waals surface area contributed by atoms with Crippen molar-refractivity contribution < 1.29 is 37.1 Å². The second kappa shape index (κ2) is 15.9. The summed E-state index contributed by atoms with van der Waals surface area (Å²) in [6, 6.07) is 11.5. The summed E-state index contributed by atoms with van der Waals surface area (Å²) in [5.41, 5.74) is 3.34. The van der Waals surface area contributed by atoms with Crippen molar-refractivity contribution in [2.75, 3.05) is 63.0 Å². The van der Waals surface area contributed by atoms with E-state index in [0.29, 0.717) is 50.2 Å². The Morgan fingerprint density at radius 2 is 2.06 bits per heavy atom. The van der Waals surface area contributed by atoms with Crippen LogP contribution in [0.15, 0.2) is 52.9 Å². The van der Waals surface area contributed by atoms with Gasteiger partial charge in [-0.3, -0.25) is 9.59 Å². The maximum Gasteiger partial charge on any atom is 0.285 e. The molecule has 3 aliphatic heterocycles. The number of benzene rings is 2. The van der Waals surface area contributed by atoms with Gasteiger partial charge in [0.1, 0.15) is 18.5 Å². The zero-order chi connectivity index (χ0) is 36.5. The van der Waals surface area contributed by atoms with Gasteiger partial charge in [0.15, 0.2) is 5.78 Å². The van der Waals surface area contributed by atoms with Crippen LogP contribution < -0.4 is 9.64 Å². The molecule has 2 aliphatic carbocycles. The normalized spacial score (nSPS) is 34.2. The molecule has 0 N–H and O–H groups in total. The van der Waals surface area contributed by atoms with Crippen LogP contribution in [0.25, 0.3) is 0 Å². The molecule has 2 aromatic rings. The number of fused-ring (bicyclic) bond motifs is 4. The number of aryl methyl sites for hydroxylation is 1. The van der Waals surface area contributed by atoms with Gasteiger partial charge in [0.05, 0.1) is 46.6 Å². The van der Waals surface area contributed by atoms with E-state index < -0.39 is 46.1 Å². The molecular weight excluding hydrogens is 707 g/mol. The van der Waals surface area contributed by atoms with Crippen LogP contribution in [0.2, 0.25) is 5.02 Å². The zero-order valence-corrected chi connectivity index (χ0v) is 31.7. The molecule has 1 amide bonds. The minimum atomic E-state index is -3.35. The van der Waals surface area contributed by atoms with Crippen molar-refractivity contribution in [3.63, 3.8) is 0 Å². The molecule has 1 saturated heterocycles. The first-order chi connectivity index (χ1) is 25.0. The van der Waals surface area contributed by atoms with Crippen LogP contribution in [0.5, 0.6) is 5.75 Å². The molecule has 3 heterocycles. The standard InChI is InChI=1S/C40H50ClFN2O7S/c1-26-5-3-7-36(48-2)32-11-8-29(32)19-44-24-40(15-4-6-27-17-30(41)10-12-33(27)40)25-51-38-13-9-28(18-35(38)44)39(46)43-52(47,22-26)23-31(45)20-50-37-14-16-49-21-34(37)42/h3,7,9-10,12-13,17-18,26,29,32,34,36-37H,4-6,8,11,14-16,19-25H2,1-2H3/b7-3+/t26-,29-,32+,34+,36-,37-,40-,52+/m0/s1. The maximum absolute atomic E-state index is 14.5. The highest BCUT2D eigenvalue weighted by Gasteiger charge is 2.44. The van der Waals surface area contributed by atoms with Crippen LogP contribution in [-0.2, 0) is 40.6 Å². The first-order valence-electron chi connectivity index (χ1n) is 18.7. The molecule has 9 nitrogen and oxygen atoms in total. The number of ketones is 1. The van der Waals surface area contributed by atoms with Gasteiger partial charge in [0, 0.05) is 48.6 Å². The number of methoxy groups -OCH3 is 1. The molecule has 0 radical (unpaired) electrons. The minimum absolute atomic E-state index is 0.0493. The SMILES string of the molecule is CO[C@H]1/C=C/C[C@H](C)C[S@@](=O)(CC(=O)CO[C@H]2CCOC[C@H]2F)=NC(=O)c2ccc3c(c2)N(C[C@@H]2CC[C@H]21)C[C@@]1(CCCc2cc(Cl)ccc21)CO3. The molecule has 0 unspecified atom stereocenters. The molecule has 1 saturated carbocycles. The second-order valence-corrected chi connectivity index (χ2v) is 18.3. The minimum Gasteiger partial charge on any atom is -0.490 e. The fourth-order valence-electron chi connectivity index (χ4n) is 8.83. The Balaban J connectivity index is 1.23. The highest BCUT2D eigenvalue weighted by Crippen LogP contribution is 2.47. The van der Waals surface area contributed by atoms with Crippen LogP contribution >= 0.6 is 11.6 Å². The first kappa shape index (κ1) is 37.5. The third-order valence-electron chi connectivity index (χ3n) is 11.6. The number of hydrogen-bond acceptors (Lipinski definition) is 8. The number of anilines is 1. The number of rotatable bonds is 6. The molecule has 52 heavy (non-hydrogen) atoms. The monoisotopic (exact) mass is 756 g/mol. The summed E-state index contributed by atoms with van der Waals surface area (Å²) in [5, 5.41) is 0.731. The number of nitrogens with zero attached hydrogens (tertiary/aromatic N) is 2. The summed E-state index contributed by atoms with van der Waals surface area (Å²) < 4.78 is 56.6. The fraction of sp³-hybridized carbons (Fsp3) is 0.600. The van der Waals surface area contributed by atoms with Crippen molar-refractivity contribution >= 4 is 38.7 Å². The predicted molar refractivity (Wildman–Crippen MR) is 200 cm³/mol. The number of allylic oxidation sites excluding steroid dienone is 1. The van der Waals surface area contributed by atoms with Crippen molar-refractivity contribution in [2.24, 2.45) is 22.1 Å². The number of halogens is 2. The van der Waals surface area contributed by atoms with E-state index in [1.165, 1.54) is 11.1 Å². The Morgan fingerprint density at radius 3 is 2.85 bits per heavy atom. The number of Topliss-reactive ketones (excluding diaryl/α,β-unsaturated/α-hetero) is 1. The summed E-state index contributed by atoms with van der Waals surface area (Å²) >= 11 is 6.45. The lowest BCUT2D eigenvalue weighted by molar-refractivity contribution is -0.130. The number of amides is 1. The molecule has 2 bridgehead atoms. The van der Waals surface area contributed by atoms with E-state index in [4.69, 9.17) is 30.5 Å². The largest absolute Gasteiger partial charge is 0.490 e. The van der Waals surface area contributed by atoms with Gasteiger partial charge in [-0.2, -0.15) is 4.36 Å². The molecule has 5 aliphatic rings. The number of hydrogen-bond donors (Lipinski definition) is 0. The summed E-state index contributed by atoms with van der Waals surface area (Å²) in [5.74, 6) is -0.265. The van der Waals surface area contributed by atoms with E-state index in [0.717, 1.165) is 49.4 Å². The Labute approximate surface area is 311 Å². The van der Waals surface area contributed by atoms with Crippen LogP contribution in [0.4, 0.5) is 10.1 Å². The molecule has 12 heteroatoms. The maximum atomic E-state index is 14.5. The Bertz CT molecular complexity index is 1810. The Hall–Kier alpha value is -2.83. The van der Waals surface area contributed by atoms with Crippen LogP contribution in [0.3, 0.4) is 0 Å². The van der Waals surface area contributed by atoms with Crippen LogP contribution in [0, 0.1) is 17.8 Å². The van der Waals surface area contributed by atoms with Gasteiger partial charge in [0.2, 0.25) is 0 Å². The molecule has 2 aromatic carbocycles. The summed E-state index contributed by atoms with van der Waals surface area (Å²) in [7, 11) is -1.60. The van der Waals surface area contributed by atoms with Gasteiger partial charge in [-0.1, -0.05) is 36.7 Å². The molecule has 8 atom stereocenters. The van der Waals surface area contributed by atoms with E-state index >= 15 is 0 Å². The summed E-state index contributed by atoms with van der Waals surface area (Å²) in [4.78, 5) is 29.6. The third-order valence-corrected chi connectivity index (χ3v) is 14.2. The van der Waals surface area contributed by atoms with Crippen molar-refractivity contribution in [1.29, 1.82) is 0 Å². The fourth-order valence-corrected chi connectivity index (χ4v) is 11.3. The molecular formula is C40H50ClFN2O7S. The van der Waals surface area contributed by atoms with Crippen LogP contribution in [0.1, 0.15) is 66.9 Å². The predicted octanol–water partition coefficient (Wildman–Crippen LogP) is 6.77. The lowest BCUT2D eigenvalue weighted by Gasteiger charge is -2.46. The van der Waals surface area contributed by atoms with E-state index in [1.807, 2.05) is 25.1 Å². The average molecular weight is 757 g/mol. The van der Waals surface area contributed by atoms with Crippen LogP contribution in [-0.4, -0.2) is 92.4 Å². The molecule has 1 spiro atoms. The van der Waals surface area contributed by atoms with E-state index in [-0.39, 0.29) is 35.4 Å². The van der Waals surface area contributed by atoms with Gasteiger partial charge in [-0.15, -0.1) is 0 Å². The van der Waals surface area contributed by atoms with Crippen molar-refractivity contribution in [2.45, 2.75) is 75.7 Å². The number of ether oxygens (including phenoxy) is 4. The topological polar surface area (TPSA) is 104 Å².